The molecule has 9 heteroatoms. The molecule has 1 aliphatic rings. The normalized spacial score (nSPS) is 18.2. The van der Waals surface area contributed by atoms with E-state index in [1.54, 1.807) is 0 Å². The van der Waals surface area contributed by atoms with Gasteiger partial charge < -0.3 is 25.7 Å². The Morgan fingerprint density at radius 3 is 2.10 bits per heavy atom. The molecule has 29 heavy (non-hydrogen) atoms. The van der Waals surface area contributed by atoms with Crippen molar-refractivity contribution < 1.29 is 30.0 Å². The number of halogens is 1. The first-order valence-electron chi connectivity index (χ1n) is 9.59. The topological polar surface area (TPSA) is 130 Å². The molecular weight excluding hydrogens is 400 g/mol. The number of carbonyl (C=O) groups is 2. The van der Waals surface area contributed by atoms with Crippen LogP contribution in [0.15, 0.2) is 24.3 Å². The van der Waals surface area contributed by atoms with Crippen LogP contribution in [0.3, 0.4) is 0 Å². The van der Waals surface area contributed by atoms with Crippen molar-refractivity contribution in [3.8, 4) is 0 Å². The van der Waals surface area contributed by atoms with Crippen LogP contribution in [-0.2, 0) is 16.1 Å². The fourth-order valence-corrected chi connectivity index (χ4v) is 3.20. The smallest absolute Gasteiger partial charge is 0.335 e. The van der Waals surface area contributed by atoms with E-state index in [4.69, 9.17) is 32.0 Å². The SMILES string of the molecule is CC(C)CN(Cc1ccc(Cl)cc1)C[C@@H]1CCNC1.O=C(O)C(O)C(O)C(=O)O. The van der Waals surface area contributed by atoms with Gasteiger partial charge in [0.05, 0.1) is 0 Å². The van der Waals surface area contributed by atoms with Crippen LogP contribution in [0.25, 0.3) is 0 Å². The summed E-state index contributed by atoms with van der Waals surface area (Å²) in [4.78, 5) is 22.1. The summed E-state index contributed by atoms with van der Waals surface area (Å²) in [6.45, 7) is 10.3. The summed E-state index contributed by atoms with van der Waals surface area (Å²) >= 11 is 5.95. The average Bonchev–Trinajstić information content (AvgIpc) is 3.15. The van der Waals surface area contributed by atoms with Gasteiger partial charge in [0, 0.05) is 24.7 Å². The fourth-order valence-electron chi connectivity index (χ4n) is 3.07. The number of nitrogens with one attached hydrogen (secondary N) is 1. The molecule has 1 aromatic rings. The second-order valence-electron chi connectivity index (χ2n) is 7.64. The zero-order chi connectivity index (χ0) is 22.0. The predicted molar refractivity (Wildman–Crippen MR) is 110 cm³/mol. The van der Waals surface area contributed by atoms with Crippen molar-refractivity contribution in [2.24, 2.45) is 11.8 Å². The van der Waals surface area contributed by atoms with E-state index in [-0.39, 0.29) is 0 Å². The summed E-state index contributed by atoms with van der Waals surface area (Å²) in [5, 5.41) is 36.8. The summed E-state index contributed by atoms with van der Waals surface area (Å²) in [6.07, 6.45) is -3.22. The molecule has 3 atom stereocenters. The third-order valence-electron chi connectivity index (χ3n) is 4.43. The molecule has 0 aliphatic carbocycles. The molecule has 0 amide bonds. The lowest BCUT2D eigenvalue weighted by Crippen LogP contribution is -2.39. The third kappa shape index (κ3) is 10.0. The molecule has 0 aromatic heterocycles. The van der Waals surface area contributed by atoms with Crippen LogP contribution in [0.5, 0.6) is 0 Å². The summed E-state index contributed by atoms with van der Waals surface area (Å²) < 4.78 is 0. The molecule has 0 bridgehead atoms. The van der Waals surface area contributed by atoms with Gasteiger partial charge in [0.25, 0.3) is 0 Å². The maximum Gasteiger partial charge on any atom is 0.335 e. The molecule has 0 radical (unpaired) electrons. The highest BCUT2D eigenvalue weighted by Gasteiger charge is 2.29. The summed E-state index contributed by atoms with van der Waals surface area (Å²) in [5.41, 5.74) is 1.36. The van der Waals surface area contributed by atoms with Crippen molar-refractivity contribution in [1.82, 2.24) is 10.2 Å². The molecule has 2 unspecified atom stereocenters. The Morgan fingerprint density at radius 2 is 1.69 bits per heavy atom. The van der Waals surface area contributed by atoms with E-state index in [2.05, 4.69) is 36.2 Å². The molecule has 164 valence electrons. The second-order valence-corrected chi connectivity index (χ2v) is 8.08. The van der Waals surface area contributed by atoms with Crippen LogP contribution in [0.2, 0.25) is 5.02 Å². The van der Waals surface area contributed by atoms with Crippen molar-refractivity contribution in [2.45, 2.75) is 39.0 Å². The van der Waals surface area contributed by atoms with Crippen molar-refractivity contribution >= 4 is 23.5 Å². The number of hydrogen-bond donors (Lipinski definition) is 5. The molecule has 1 saturated heterocycles. The summed E-state index contributed by atoms with van der Waals surface area (Å²) in [6, 6.07) is 8.26. The van der Waals surface area contributed by atoms with Crippen molar-refractivity contribution in [1.29, 1.82) is 0 Å². The average molecular weight is 431 g/mol. The van der Waals surface area contributed by atoms with Crippen LogP contribution in [0.4, 0.5) is 0 Å². The van der Waals surface area contributed by atoms with Gasteiger partial charge in [-0.3, -0.25) is 4.90 Å². The Labute approximate surface area is 176 Å². The van der Waals surface area contributed by atoms with Crippen molar-refractivity contribution in [3.63, 3.8) is 0 Å². The minimum absolute atomic E-state index is 0.710. The Morgan fingerprint density at radius 1 is 1.14 bits per heavy atom. The first kappa shape index (κ1) is 25.3. The molecule has 8 nitrogen and oxygen atoms in total. The maximum atomic E-state index is 9.77. The number of aliphatic hydroxyl groups excluding tert-OH is 2. The maximum absolute atomic E-state index is 9.77. The van der Waals surface area contributed by atoms with E-state index in [0.717, 1.165) is 17.5 Å². The third-order valence-corrected chi connectivity index (χ3v) is 4.68. The number of carboxylic acids is 2. The number of carboxylic acid groups (broad SMARTS) is 2. The van der Waals surface area contributed by atoms with Crippen LogP contribution >= 0.6 is 11.6 Å². The molecular formula is C20H31ClN2O6. The minimum atomic E-state index is -2.27. The van der Waals surface area contributed by atoms with Gasteiger partial charge in [-0.2, -0.15) is 0 Å². The molecule has 1 heterocycles. The van der Waals surface area contributed by atoms with Gasteiger partial charge in [-0.05, 0) is 49.0 Å². The van der Waals surface area contributed by atoms with E-state index < -0.39 is 24.1 Å². The highest BCUT2D eigenvalue weighted by molar-refractivity contribution is 6.30. The van der Waals surface area contributed by atoms with Crippen molar-refractivity contribution in [2.75, 3.05) is 26.2 Å². The Hall–Kier alpha value is -1.71. The van der Waals surface area contributed by atoms with Gasteiger partial charge >= 0.3 is 11.9 Å². The summed E-state index contributed by atoms with van der Waals surface area (Å²) in [5.74, 6) is -2.02. The van der Waals surface area contributed by atoms with E-state index in [9.17, 15) is 9.59 Å². The highest BCUT2D eigenvalue weighted by Crippen LogP contribution is 2.16. The number of hydrogen-bond acceptors (Lipinski definition) is 6. The van der Waals surface area contributed by atoms with E-state index in [1.165, 1.54) is 38.2 Å². The van der Waals surface area contributed by atoms with Crippen molar-refractivity contribution in [3.05, 3.63) is 34.9 Å². The Balaban J connectivity index is 0.000000359. The van der Waals surface area contributed by atoms with E-state index in [1.807, 2.05) is 12.1 Å². The zero-order valence-corrected chi connectivity index (χ0v) is 17.5. The number of aliphatic hydroxyl groups is 2. The molecule has 2 rings (SSSR count). The lowest BCUT2D eigenvalue weighted by atomic mass is 10.1. The molecule has 1 aliphatic heterocycles. The quantitative estimate of drug-likeness (QED) is 0.396. The van der Waals surface area contributed by atoms with Crippen LogP contribution in [-0.4, -0.2) is 75.7 Å². The van der Waals surface area contributed by atoms with E-state index in [0.29, 0.717) is 5.92 Å². The molecule has 1 aromatic carbocycles. The molecule has 5 N–H and O–H groups in total. The number of nitrogens with zero attached hydrogens (tertiary/aromatic N) is 1. The fraction of sp³-hybridized carbons (Fsp3) is 0.600. The van der Waals surface area contributed by atoms with Crippen LogP contribution in [0, 0.1) is 11.8 Å². The van der Waals surface area contributed by atoms with E-state index >= 15 is 0 Å². The Bertz CT molecular complexity index is 616. The number of rotatable bonds is 9. The largest absolute Gasteiger partial charge is 0.479 e. The second kappa shape index (κ2) is 12.8. The monoisotopic (exact) mass is 430 g/mol. The minimum Gasteiger partial charge on any atom is -0.479 e. The van der Waals surface area contributed by atoms with Gasteiger partial charge in [0.1, 0.15) is 0 Å². The molecule has 0 saturated carbocycles. The standard InChI is InChI=1S/C16H25ClN2.C4H6O6/c1-13(2)10-19(12-15-7-8-18-9-15)11-14-3-5-16(17)6-4-14;5-1(3(7)8)2(6)4(9)10/h3-6,13,15,18H,7-12H2,1-2H3;1-2,5-6H,(H,7,8)(H,9,10)/t15-;/m1./s1. The summed E-state index contributed by atoms with van der Waals surface area (Å²) in [7, 11) is 0. The van der Waals surface area contributed by atoms with Gasteiger partial charge in [-0.1, -0.05) is 37.6 Å². The van der Waals surface area contributed by atoms with Gasteiger partial charge in [-0.15, -0.1) is 0 Å². The molecule has 1 fully saturated rings. The predicted octanol–water partition coefficient (Wildman–Crippen LogP) is 1.28. The lowest BCUT2D eigenvalue weighted by molar-refractivity contribution is -0.165. The zero-order valence-electron chi connectivity index (χ0n) is 16.8. The van der Waals surface area contributed by atoms with Crippen LogP contribution in [0.1, 0.15) is 25.8 Å². The Kier molecular flexibility index (Phi) is 11.2. The van der Waals surface area contributed by atoms with Crippen LogP contribution < -0.4 is 5.32 Å². The highest BCUT2D eigenvalue weighted by atomic mass is 35.5. The van der Waals surface area contributed by atoms with Gasteiger partial charge in [0.2, 0.25) is 0 Å². The number of aliphatic carboxylic acids is 2. The van der Waals surface area contributed by atoms with Gasteiger partial charge in [0.15, 0.2) is 12.2 Å². The first-order valence-corrected chi connectivity index (χ1v) is 9.97. The molecule has 0 spiro atoms. The lowest BCUT2D eigenvalue weighted by Gasteiger charge is -2.27. The first-order chi connectivity index (χ1) is 13.6. The van der Waals surface area contributed by atoms with Gasteiger partial charge in [-0.25, -0.2) is 9.59 Å². The number of benzene rings is 1.